The zero-order chi connectivity index (χ0) is 80.7. The number of nitrogens with two attached hydrogens (primary N) is 1. The van der Waals surface area contributed by atoms with E-state index in [-0.39, 0.29) is 86.7 Å². The number of anilines is 4. The lowest BCUT2D eigenvalue weighted by Crippen LogP contribution is -2.54. The molecular weight excluding hydrogens is 1520 g/mol. The second-order valence-electron chi connectivity index (χ2n) is 31.0. The molecule has 5 aliphatic rings. The summed E-state index contributed by atoms with van der Waals surface area (Å²) in [5, 5.41) is 24.5. The predicted octanol–water partition coefficient (Wildman–Crippen LogP) is 11.9. The van der Waals surface area contributed by atoms with E-state index in [4.69, 9.17) is 41.5 Å². The van der Waals surface area contributed by atoms with Crippen LogP contribution >= 0.6 is 35.1 Å². The van der Waals surface area contributed by atoms with Gasteiger partial charge in [0.1, 0.15) is 30.7 Å². The molecule has 6 aromatic carbocycles. The molecule has 30 heteroatoms. The molecule has 13 rings (SSSR count). The molecule has 0 radical (unpaired) electrons. The molecule has 2 unspecified atom stereocenters. The number of nitrogens with zero attached hydrogens (tertiary/aromatic N) is 7. The van der Waals surface area contributed by atoms with Gasteiger partial charge in [0, 0.05) is 145 Å². The molecule has 3 fully saturated rings. The van der Waals surface area contributed by atoms with Crippen molar-refractivity contribution in [1.82, 2.24) is 55.8 Å². The standard InChI is InChI=1S/C85H105ClN16O11S2/c1-52(2)77(88-31-32-89-78(103)55-22-28-68-71(40-55)95-74-51-115-64-14-9-7-6-8-13-63(43-64)114-50-73(74)94-68)81(106)96-69(17-12-30-90-83(87)108)80(105)91-58-23-18-53(19-24-58)49-113-85(110)99(5)47-61-42-60(100-34-36-111-37-35-100)48-101(61)84(109)97-70-44-75-76(66-16-11-10-15-65(66)70)57(45-86)46-102(75)82(107)72-41-56-39-59(25-29-67(56)93-72)92-79(104)54-20-26-62(27-21-54)112-38-33-98(3)4/h10-11,15-16,18-29,39-41,44,52,57,60-61,63-64,69,77,88,93H,6-9,12-14,17,30-38,42-43,45-51H2,1-5H3,(H,89,103)(H,91,105)(H,92,104)(H,96,106)(H,97,109)(H3,87,90,108)/t57-,60-,61+,63?,64?,69-,77-/m1/s1. The molecule has 2 aromatic heterocycles. The molecule has 115 heavy (non-hydrogen) atoms. The maximum atomic E-state index is 15.1. The van der Waals surface area contributed by atoms with Gasteiger partial charge in [-0.15, -0.1) is 11.6 Å². The number of aromatic amines is 1. The number of likely N-dealkylation sites (N-methyl/N-ethyl adjacent to an activating group) is 2. The number of aromatic nitrogens is 3. The number of benzene rings is 6. The van der Waals surface area contributed by atoms with Crippen LogP contribution in [0.25, 0.3) is 32.7 Å². The van der Waals surface area contributed by atoms with Crippen LogP contribution in [-0.4, -0.2) is 223 Å². The van der Waals surface area contributed by atoms with Crippen LogP contribution in [0, 0.1) is 5.92 Å². The number of thioether (sulfide) groups is 2. The minimum absolute atomic E-state index is 0.0312. The Morgan fingerprint density at radius 3 is 2.15 bits per heavy atom. The molecule has 2 saturated heterocycles. The number of rotatable bonds is 28. The number of halogens is 1. The first-order chi connectivity index (χ1) is 55.7. The fourth-order valence-corrected chi connectivity index (χ4v) is 18.9. The van der Waals surface area contributed by atoms with Crippen LogP contribution in [0.5, 0.6) is 5.75 Å². The Morgan fingerprint density at radius 1 is 0.722 bits per heavy atom. The van der Waals surface area contributed by atoms with Gasteiger partial charge in [-0.25, -0.2) is 24.4 Å². The lowest BCUT2D eigenvalue weighted by atomic mass is 9.95. The van der Waals surface area contributed by atoms with Crippen molar-refractivity contribution >= 4 is 138 Å². The Labute approximate surface area is 684 Å². The maximum Gasteiger partial charge on any atom is 0.409 e. The third-order valence-electron chi connectivity index (χ3n) is 22.1. The first kappa shape index (κ1) is 83.2. The van der Waals surface area contributed by atoms with E-state index in [0.29, 0.717) is 137 Å². The zero-order valence-electron chi connectivity index (χ0n) is 65.9. The molecule has 10 amide bonds. The second kappa shape index (κ2) is 39.3. The fourth-order valence-electron chi connectivity index (χ4n) is 15.9. The molecule has 1 saturated carbocycles. The van der Waals surface area contributed by atoms with E-state index in [9.17, 15) is 33.6 Å². The lowest BCUT2D eigenvalue weighted by molar-refractivity contribution is -0.128. The highest BCUT2D eigenvalue weighted by Crippen LogP contribution is 2.46. The summed E-state index contributed by atoms with van der Waals surface area (Å²) in [7, 11) is 5.58. The van der Waals surface area contributed by atoms with Gasteiger partial charge in [0.2, 0.25) is 11.8 Å². The number of morpholine rings is 1. The number of amides is 10. The summed E-state index contributed by atoms with van der Waals surface area (Å²) in [6.07, 6.45) is 9.31. The Bertz CT molecular complexity index is 4800. The largest absolute Gasteiger partial charge is 0.492 e. The molecule has 0 spiro atoms. The van der Waals surface area contributed by atoms with E-state index >= 15 is 4.79 Å². The van der Waals surface area contributed by atoms with E-state index in [1.165, 1.54) is 49.8 Å². The number of hydrogen-bond donors (Lipinski definition) is 9. The Morgan fingerprint density at radius 2 is 1.43 bits per heavy atom. The van der Waals surface area contributed by atoms with Gasteiger partial charge in [-0.05, 0) is 160 Å². The molecule has 7 atom stereocenters. The zero-order valence-corrected chi connectivity index (χ0v) is 68.3. The Hall–Kier alpha value is -9.75. The number of carbonyl (C=O) groups excluding carboxylic acids is 8. The third-order valence-corrected chi connectivity index (χ3v) is 25.2. The molecule has 8 aromatic rings. The highest BCUT2D eigenvalue weighted by atomic mass is 35.5. The highest BCUT2D eigenvalue weighted by molar-refractivity contribution is 8.00. The van der Waals surface area contributed by atoms with E-state index in [1.807, 2.05) is 105 Å². The van der Waals surface area contributed by atoms with Crippen LogP contribution in [0.4, 0.5) is 37.1 Å². The molecular formula is C85H105ClN16O11S2. The van der Waals surface area contributed by atoms with Gasteiger partial charge in [-0.3, -0.25) is 28.9 Å². The van der Waals surface area contributed by atoms with Crippen LogP contribution < -0.4 is 52.6 Å². The van der Waals surface area contributed by atoms with Crippen molar-refractivity contribution in [2.75, 3.05) is 127 Å². The topological polar surface area (TPSA) is 332 Å². The first-order valence-electron chi connectivity index (χ1n) is 40.0. The van der Waals surface area contributed by atoms with E-state index in [2.05, 4.69) is 47.1 Å². The maximum absolute atomic E-state index is 15.1. The van der Waals surface area contributed by atoms with Gasteiger partial charge < -0.3 is 81.7 Å². The summed E-state index contributed by atoms with van der Waals surface area (Å²) in [6.45, 7) is 8.87. The predicted molar refractivity (Wildman–Crippen MR) is 454 cm³/mol. The smallest absolute Gasteiger partial charge is 0.409 e. The van der Waals surface area contributed by atoms with Crippen LogP contribution in [-0.2, 0) is 37.2 Å². The highest BCUT2D eigenvalue weighted by Gasteiger charge is 2.42. The minimum Gasteiger partial charge on any atom is -0.492 e. The lowest BCUT2D eigenvalue weighted by Gasteiger charge is -2.32. The summed E-state index contributed by atoms with van der Waals surface area (Å²) in [4.78, 5) is 134. The van der Waals surface area contributed by atoms with Gasteiger partial charge >= 0.3 is 18.2 Å². The average molecular weight is 1630 g/mol. The summed E-state index contributed by atoms with van der Waals surface area (Å²) in [5.41, 5.74) is 14.4. The van der Waals surface area contributed by atoms with Gasteiger partial charge in [0.15, 0.2) is 0 Å². The van der Waals surface area contributed by atoms with Crippen molar-refractivity contribution in [2.45, 2.75) is 137 Å². The van der Waals surface area contributed by atoms with E-state index in [0.717, 1.165) is 51.3 Å². The molecule has 27 nitrogen and oxygen atoms in total. The molecule has 610 valence electrons. The number of alkyl halides is 1. The van der Waals surface area contributed by atoms with Gasteiger partial charge in [-0.2, -0.15) is 23.5 Å². The van der Waals surface area contributed by atoms with Crippen LogP contribution in [0.2, 0.25) is 0 Å². The van der Waals surface area contributed by atoms with E-state index < -0.39 is 42.1 Å². The average Bonchev–Trinajstić information content (AvgIpc) is 1.60. The third kappa shape index (κ3) is 21.5. The van der Waals surface area contributed by atoms with Gasteiger partial charge in [0.25, 0.3) is 17.7 Å². The molecule has 4 aliphatic heterocycles. The van der Waals surface area contributed by atoms with Gasteiger partial charge in [-0.1, -0.05) is 75.9 Å². The summed E-state index contributed by atoms with van der Waals surface area (Å²) in [6, 6.07) is 32.6. The minimum atomic E-state index is -1.02. The van der Waals surface area contributed by atoms with Crippen molar-refractivity contribution in [2.24, 2.45) is 11.7 Å². The second-order valence-corrected chi connectivity index (χ2v) is 33.9. The number of urea groups is 2. The SMILES string of the molecule is CC(C)[C@@H](NCCNC(=O)c1ccc2nc3c(nc2c1)CSC1CCCCCCC(C1)SC3)C(=O)N[C@H](CCCNC(N)=O)C(=O)Nc1ccc(COC(=O)N(C)C[C@@H]2C[C@@H](N3CCOCC3)CN2C(=O)Nc2cc3c(c4ccccc24)[C@H](CCl)CN3C(=O)c2cc3cc(NC(=O)c4ccc(OCCN(C)C)cc4)ccc3[nH]2)cc1. The summed E-state index contributed by atoms with van der Waals surface area (Å²) >= 11 is 10.8. The van der Waals surface area contributed by atoms with Crippen LogP contribution in [0.1, 0.15) is 138 Å². The number of H-pyrrole nitrogens is 1. The van der Waals surface area contributed by atoms with E-state index in [1.54, 1.807) is 89.6 Å². The summed E-state index contributed by atoms with van der Waals surface area (Å²) < 4.78 is 17.4. The fraction of sp³-hybridized carbons (Fsp3) is 0.459. The number of primary amides is 1. The Balaban J connectivity index is 0.612. The number of hydrogen-bond acceptors (Lipinski definition) is 18. The van der Waals surface area contributed by atoms with Crippen LogP contribution in [0.15, 0.2) is 121 Å². The van der Waals surface area contributed by atoms with Crippen molar-refractivity contribution in [3.8, 4) is 5.75 Å². The number of carbonyl (C=O) groups is 8. The molecule has 1 aliphatic carbocycles. The monoisotopic (exact) mass is 1620 g/mol. The summed E-state index contributed by atoms with van der Waals surface area (Å²) in [5.74, 6) is 0.300. The first-order valence-corrected chi connectivity index (χ1v) is 42.6. The van der Waals surface area contributed by atoms with Crippen molar-refractivity contribution < 1.29 is 52.6 Å². The molecule has 6 heterocycles. The van der Waals surface area contributed by atoms with Crippen molar-refractivity contribution in [1.29, 1.82) is 0 Å². The van der Waals surface area contributed by atoms with Crippen LogP contribution in [0.3, 0.4) is 0 Å². The quantitative estimate of drug-likeness (QED) is 0.0162. The normalized spacial score (nSPS) is 19.0. The number of fused-ring (bicyclic) bond motifs is 8. The van der Waals surface area contributed by atoms with Gasteiger partial charge in [0.05, 0.1) is 59.1 Å². The number of nitrogens with one attached hydrogen (secondary N) is 8. The molecule has 2 bridgehead atoms. The van der Waals surface area contributed by atoms with Crippen molar-refractivity contribution in [3.05, 3.63) is 161 Å². The number of likely N-dealkylation sites (tertiary alicyclic amines) is 1. The van der Waals surface area contributed by atoms with Crippen molar-refractivity contribution in [3.63, 3.8) is 0 Å². The number of ether oxygens (including phenoxy) is 3. The Kier molecular flexibility index (Phi) is 28.4. The molecule has 10 N–H and O–H groups in total.